The Morgan fingerprint density at radius 1 is 0.225 bits per heavy atom. The molecule has 12 heteroatoms. The SMILES string of the molecule is C#[N+]c1cccc(C/C=C\Cc2cccc([N+]#C)c2)c1.C#[N+]c1cccc(CC2CCCCC2Cc2cccc([N+]#C)c2)c1.C#[N+]c1cccc(CCCCc2cccc([N+]#C)c2)c1.C#[N+]c1cccc(Cc2ccccc2Cc2cccc([N+]#C)c2)c1.C#[N+]c1ccccc1C1CCCC(c2ccccc2[N+]#C)C1.C#[N+]c1ccccc1CCCc1ccccc1[N+]#C. The van der Waals surface area contributed by atoms with Crippen molar-refractivity contribution in [2.75, 3.05) is 0 Å². The molecule has 0 saturated heterocycles. The molecule has 0 N–H and O–H groups in total. The predicted molar refractivity (Wildman–Crippen MR) is 547 cm³/mol. The summed E-state index contributed by atoms with van der Waals surface area (Å²) in [5.41, 5.74) is 27.6. The lowest BCUT2D eigenvalue weighted by Crippen LogP contribution is -2.23. The first-order valence-electron chi connectivity index (χ1n) is 44.1. The lowest BCUT2D eigenvalue weighted by Gasteiger charge is -2.31. The van der Waals surface area contributed by atoms with Gasteiger partial charge in [0.1, 0.15) is 0 Å². The van der Waals surface area contributed by atoms with E-state index in [2.05, 4.69) is 192 Å². The van der Waals surface area contributed by atoms with Gasteiger partial charge < -0.3 is 0 Å². The van der Waals surface area contributed by atoms with Crippen LogP contribution in [0.1, 0.15) is 160 Å². The van der Waals surface area contributed by atoms with Crippen molar-refractivity contribution < 1.29 is 0 Å². The molecule has 2 saturated carbocycles. The summed E-state index contributed by atoms with van der Waals surface area (Å²) in [6.45, 7) is 64.5. The summed E-state index contributed by atoms with van der Waals surface area (Å²) < 4.78 is 0. The van der Waals surface area contributed by atoms with E-state index in [9.17, 15) is 0 Å². The molecular weight excluding hydrogens is 1570 g/mol. The van der Waals surface area contributed by atoms with E-state index in [0.29, 0.717) is 23.7 Å². The summed E-state index contributed by atoms with van der Waals surface area (Å²) in [6, 6.07) is 105. The van der Waals surface area contributed by atoms with E-state index in [1.165, 1.54) is 123 Å². The van der Waals surface area contributed by atoms with Gasteiger partial charge in [0, 0.05) is 144 Å². The highest BCUT2D eigenvalue weighted by Gasteiger charge is 2.32. The van der Waals surface area contributed by atoms with Gasteiger partial charge in [0.2, 0.25) is 0 Å². The van der Waals surface area contributed by atoms with Gasteiger partial charge in [-0.15, -0.1) is 0 Å². The molecule has 0 bridgehead atoms. The molecule has 0 aliphatic heterocycles. The van der Waals surface area contributed by atoms with E-state index < -0.39 is 0 Å². The summed E-state index contributed by atoms with van der Waals surface area (Å²) in [7, 11) is 0. The van der Waals surface area contributed by atoms with Crippen molar-refractivity contribution >= 4 is 68.2 Å². The van der Waals surface area contributed by atoms with Crippen LogP contribution >= 0.6 is 0 Å². The summed E-state index contributed by atoms with van der Waals surface area (Å²) in [6.07, 6.45) is 27.1. The Kier molecular flexibility index (Phi) is 38.8. The van der Waals surface area contributed by atoms with Crippen LogP contribution in [0.25, 0.3) is 58.1 Å². The fraction of sp³-hybridized carbons (Fsp3) is 0.214. The highest BCUT2D eigenvalue weighted by molar-refractivity contribution is 5.60. The monoisotopic (exact) mass is 1680 g/mol. The number of allylic oxidation sites excluding steroid dienone is 2. The summed E-state index contributed by atoms with van der Waals surface area (Å²) >= 11 is 0. The Labute approximate surface area is 764 Å². The number of hydrogen-bond acceptors (Lipinski definition) is 0. The van der Waals surface area contributed by atoms with Gasteiger partial charge in [0.15, 0.2) is 0 Å². The van der Waals surface area contributed by atoms with E-state index in [1.807, 2.05) is 194 Å². The first-order valence-corrected chi connectivity index (χ1v) is 44.1. The molecule has 2 fully saturated rings. The molecular formula is C117H112N12+12. The van der Waals surface area contributed by atoms with Crippen LogP contribution in [-0.4, -0.2) is 0 Å². The summed E-state index contributed by atoms with van der Waals surface area (Å²) in [4.78, 5) is 45.4. The van der Waals surface area contributed by atoms with Crippen molar-refractivity contribution in [2.24, 2.45) is 11.8 Å². The molecule has 0 amide bonds. The van der Waals surface area contributed by atoms with Gasteiger partial charge in [-0.2, -0.15) is 0 Å². The van der Waals surface area contributed by atoms with Crippen LogP contribution in [0.2, 0.25) is 0 Å². The molecule has 4 atom stereocenters. The lowest BCUT2D eigenvalue weighted by atomic mass is 9.73. The van der Waals surface area contributed by atoms with E-state index in [1.54, 1.807) is 0 Å². The Bertz CT molecular complexity index is 6110. The van der Waals surface area contributed by atoms with Crippen LogP contribution in [0.3, 0.4) is 0 Å². The molecule has 4 unspecified atom stereocenters. The van der Waals surface area contributed by atoms with E-state index in [-0.39, 0.29) is 0 Å². The van der Waals surface area contributed by atoms with Crippen molar-refractivity contribution in [3.8, 4) is 78.9 Å². The number of unbranched alkanes of at least 4 members (excludes halogenated alkanes) is 1. The maximum atomic E-state index is 5.54. The van der Waals surface area contributed by atoms with Crippen LogP contribution < -0.4 is 0 Å². The minimum Gasteiger partial charge on any atom is -0.0838 e. The third-order valence-electron chi connectivity index (χ3n) is 23.4. The molecule has 129 heavy (non-hydrogen) atoms. The van der Waals surface area contributed by atoms with Gasteiger partial charge in [-0.3, -0.25) is 0 Å². The molecule has 0 aromatic heterocycles. The topological polar surface area (TPSA) is 52.3 Å². The molecule has 0 radical (unpaired) electrons. The van der Waals surface area contributed by atoms with E-state index in [4.69, 9.17) is 78.9 Å². The van der Waals surface area contributed by atoms with E-state index in [0.717, 1.165) is 158 Å². The van der Waals surface area contributed by atoms with E-state index >= 15 is 0 Å². The molecule has 13 aromatic rings. The summed E-state index contributed by atoms with van der Waals surface area (Å²) in [5.74, 6) is 2.41. The fourth-order valence-electron chi connectivity index (χ4n) is 16.8. The number of aryl methyl sites for hydroxylation is 4. The second-order valence-corrected chi connectivity index (χ2v) is 32.1. The maximum Gasteiger partial charge on any atom is 0.343 e. The molecule has 2 aliphatic rings. The van der Waals surface area contributed by atoms with Gasteiger partial charge in [0.25, 0.3) is 78.9 Å². The molecule has 0 heterocycles. The summed E-state index contributed by atoms with van der Waals surface area (Å²) in [5, 5.41) is 0. The molecule has 2 aliphatic carbocycles. The zero-order valence-corrected chi connectivity index (χ0v) is 73.6. The third-order valence-corrected chi connectivity index (χ3v) is 23.4. The van der Waals surface area contributed by atoms with Gasteiger partial charge in [-0.1, -0.05) is 226 Å². The van der Waals surface area contributed by atoms with Crippen LogP contribution in [0.4, 0.5) is 68.2 Å². The fourth-order valence-corrected chi connectivity index (χ4v) is 16.8. The number of nitrogens with zero attached hydrogens (tertiary/aromatic N) is 12. The second kappa shape index (κ2) is 52.8. The minimum atomic E-state index is 0.494. The molecule has 0 spiro atoms. The largest absolute Gasteiger partial charge is 0.343 e. The van der Waals surface area contributed by atoms with Gasteiger partial charge in [-0.25, -0.2) is 0 Å². The number of para-hydroxylation sites is 4. The minimum absolute atomic E-state index is 0.494. The van der Waals surface area contributed by atoms with Gasteiger partial charge >= 0.3 is 68.2 Å². The van der Waals surface area contributed by atoms with Crippen molar-refractivity contribution in [1.29, 1.82) is 0 Å². The molecule has 15 rings (SSSR count). The molecule has 13 aromatic carbocycles. The van der Waals surface area contributed by atoms with Crippen LogP contribution in [-0.2, 0) is 64.2 Å². The number of benzene rings is 13. The van der Waals surface area contributed by atoms with Gasteiger partial charge in [-0.05, 0) is 253 Å². The lowest BCUT2D eigenvalue weighted by molar-refractivity contribution is 0.234. The number of rotatable bonds is 23. The predicted octanol–water partition coefficient (Wildman–Crippen LogP) is 34.5. The van der Waals surface area contributed by atoms with Crippen LogP contribution in [0.5, 0.6) is 0 Å². The zero-order chi connectivity index (χ0) is 90.8. The van der Waals surface area contributed by atoms with Crippen molar-refractivity contribution in [3.63, 3.8) is 0 Å². The average Bonchev–Trinajstić information content (AvgIpc) is 0.791. The highest BCUT2D eigenvalue weighted by Crippen LogP contribution is 2.46. The molecule has 12 nitrogen and oxygen atoms in total. The first-order chi connectivity index (χ1) is 63.4. The van der Waals surface area contributed by atoms with Crippen molar-refractivity contribution in [3.05, 3.63) is 464 Å². The Hall–Kier alpha value is -16.5. The Morgan fingerprint density at radius 3 is 0.829 bits per heavy atom. The smallest absolute Gasteiger partial charge is 0.0838 e. The third kappa shape index (κ3) is 31.0. The first kappa shape index (κ1) is 94.7. The average molecular weight is 1690 g/mol. The Balaban J connectivity index is 0.000000161. The van der Waals surface area contributed by atoms with Crippen molar-refractivity contribution in [2.45, 2.75) is 147 Å². The van der Waals surface area contributed by atoms with Crippen molar-refractivity contribution in [1.82, 2.24) is 0 Å². The zero-order valence-electron chi connectivity index (χ0n) is 73.6. The van der Waals surface area contributed by atoms with Crippen LogP contribution in [0, 0.1) is 90.7 Å². The second-order valence-electron chi connectivity index (χ2n) is 32.1. The van der Waals surface area contributed by atoms with Crippen LogP contribution in [0.15, 0.2) is 328 Å². The standard InChI is InChI=1S/C22H24N2.C22H18N2.C20H20N2.C18H18N2.C18H16N2.C17H16N2/c2*1-23-21-11-5-7-17(15-21)13-19-9-3-4-10-20(19)14-18-8-6-12-22(16-18)24-2;1-21-19-12-5-3-10-17(19)15-8-7-9-16(14-15)18-11-4-6-13-20(18)22-2;2*1-19-17-11-5-9-15(13-17)7-3-4-8-16-10-6-12-18(14-16)20-2;1-18-16-12-5-3-8-14(16)10-7-11-15-9-4-6-13-17(15)19-2/h1-2,5-8,11-12,15-16,19-20H,3-4,9-10,13-14H2;1-12,15-16H,13-14H2;1-6,10-13,15-16H,7-9,14H2;1-2,5-6,9-14H,3-4,7-8H2;1-6,9-14H,7-8H2;1-6,8-9,12-13H,7,10-11H2/q6*+2/b;;;;4-3-;. The van der Waals surface area contributed by atoms with Gasteiger partial charge in [0.05, 0.1) is 0 Å². The molecule has 628 valence electrons. The normalized spacial score (nSPS) is 13.6. The number of hydrogen-bond donors (Lipinski definition) is 0. The highest BCUT2D eigenvalue weighted by atomic mass is 14.7. The quantitative estimate of drug-likeness (QED) is 0.0453. The Morgan fingerprint density at radius 2 is 0.496 bits per heavy atom. The maximum absolute atomic E-state index is 5.54.